The van der Waals surface area contributed by atoms with Crippen molar-refractivity contribution in [3.63, 3.8) is 0 Å². The molecule has 0 aliphatic heterocycles. The van der Waals surface area contributed by atoms with Crippen molar-refractivity contribution in [2.45, 2.75) is 40.0 Å². The first kappa shape index (κ1) is 15.9. The van der Waals surface area contributed by atoms with Crippen LogP contribution in [0.5, 0.6) is 0 Å². The molecule has 0 atom stereocenters. The quantitative estimate of drug-likeness (QED) is 0.622. The Morgan fingerprint density at radius 3 is 2.47 bits per heavy atom. The van der Waals surface area contributed by atoms with Crippen LogP contribution < -0.4 is 5.32 Å². The summed E-state index contributed by atoms with van der Waals surface area (Å²) in [6.07, 6.45) is 0.888. The van der Waals surface area contributed by atoms with Crippen molar-refractivity contribution in [3.05, 3.63) is 0 Å². The Morgan fingerprint density at radius 1 is 1.29 bits per heavy atom. The Balaban J connectivity index is 3.76. The van der Waals surface area contributed by atoms with Crippen molar-refractivity contribution in [1.29, 1.82) is 0 Å². The van der Waals surface area contributed by atoms with E-state index in [0.29, 0.717) is 19.6 Å². The Bertz CT molecular complexity index is 251. The highest BCUT2D eigenvalue weighted by molar-refractivity contribution is 5.81. The Morgan fingerprint density at radius 2 is 1.94 bits per heavy atom. The Kier molecular flexibility index (Phi) is 7.54. The van der Waals surface area contributed by atoms with Crippen molar-refractivity contribution in [3.8, 4) is 0 Å². The zero-order valence-corrected chi connectivity index (χ0v) is 10.9. The molecule has 5 heteroatoms. The van der Waals surface area contributed by atoms with E-state index in [2.05, 4.69) is 5.32 Å². The molecule has 0 rings (SSSR count). The van der Waals surface area contributed by atoms with Gasteiger partial charge in [0.2, 0.25) is 5.91 Å². The number of aliphatic hydroxyl groups is 1. The zero-order chi connectivity index (χ0) is 13.3. The molecular weight excluding hydrogens is 222 g/mol. The molecule has 17 heavy (non-hydrogen) atoms. The minimum absolute atomic E-state index is 0.103. The van der Waals surface area contributed by atoms with Gasteiger partial charge in [0.05, 0.1) is 13.0 Å². The van der Waals surface area contributed by atoms with E-state index in [-0.39, 0.29) is 36.7 Å². The van der Waals surface area contributed by atoms with Gasteiger partial charge in [0.25, 0.3) is 0 Å². The Labute approximate surface area is 103 Å². The molecule has 2 N–H and O–H groups in total. The normalized spacial score (nSPS) is 11.1. The summed E-state index contributed by atoms with van der Waals surface area (Å²) in [6, 6.07) is 0. The van der Waals surface area contributed by atoms with Gasteiger partial charge in [-0.25, -0.2) is 0 Å². The summed E-state index contributed by atoms with van der Waals surface area (Å²) < 4.78 is 4.72. The fourth-order valence-electron chi connectivity index (χ4n) is 1.27. The molecule has 0 heterocycles. The number of aliphatic hydroxyl groups excluding tert-OH is 1. The van der Waals surface area contributed by atoms with Gasteiger partial charge >= 0.3 is 5.97 Å². The molecule has 0 fully saturated rings. The number of esters is 1. The highest BCUT2D eigenvalue weighted by Gasteiger charge is 2.18. The maximum absolute atomic E-state index is 11.4. The monoisotopic (exact) mass is 245 g/mol. The molecule has 0 aliphatic rings. The van der Waals surface area contributed by atoms with E-state index in [1.807, 2.05) is 13.8 Å². The predicted molar refractivity (Wildman–Crippen MR) is 64.4 cm³/mol. The minimum Gasteiger partial charge on any atom is -0.466 e. The van der Waals surface area contributed by atoms with Crippen molar-refractivity contribution >= 4 is 11.9 Å². The van der Waals surface area contributed by atoms with Gasteiger partial charge in [-0.3, -0.25) is 9.59 Å². The van der Waals surface area contributed by atoms with E-state index >= 15 is 0 Å². The summed E-state index contributed by atoms with van der Waals surface area (Å²) >= 11 is 0. The lowest BCUT2D eigenvalue weighted by atomic mass is 9.90. The first-order valence-electron chi connectivity index (χ1n) is 5.94. The lowest BCUT2D eigenvalue weighted by molar-refractivity contribution is -0.144. The number of hydrogen-bond acceptors (Lipinski definition) is 4. The van der Waals surface area contributed by atoms with Gasteiger partial charge in [-0.1, -0.05) is 13.8 Å². The van der Waals surface area contributed by atoms with Crippen LogP contribution in [0.1, 0.15) is 40.0 Å². The molecule has 0 bridgehead atoms. The molecule has 0 spiro atoms. The zero-order valence-electron chi connectivity index (χ0n) is 10.9. The van der Waals surface area contributed by atoms with E-state index in [1.165, 1.54) is 0 Å². The number of ether oxygens (including phenoxy) is 1. The number of carbonyl (C=O) groups excluding carboxylic acids is 2. The van der Waals surface area contributed by atoms with E-state index in [0.717, 1.165) is 0 Å². The van der Waals surface area contributed by atoms with Crippen LogP contribution in [-0.2, 0) is 14.3 Å². The van der Waals surface area contributed by atoms with Gasteiger partial charge in [-0.2, -0.15) is 0 Å². The van der Waals surface area contributed by atoms with Gasteiger partial charge in [-0.05, 0) is 18.8 Å². The highest BCUT2D eigenvalue weighted by atomic mass is 16.5. The van der Waals surface area contributed by atoms with Crippen LogP contribution >= 0.6 is 0 Å². The van der Waals surface area contributed by atoms with Gasteiger partial charge in [-0.15, -0.1) is 0 Å². The minimum atomic E-state index is -0.350. The molecular formula is C12H23NO4. The number of carbonyl (C=O) groups is 2. The lowest BCUT2D eigenvalue weighted by Crippen LogP contribution is -2.34. The van der Waals surface area contributed by atoms with Gasteiger partial charge in [0.1, 0.15) is 0 Å². The second kappa shape index (κ2) is 8.06. The summed E-state index contributed by atoms with van der Waals surface area (Å²) in [6.45, 7) is 6.60. The van der Waals surface area contributed by atoms with Crippen LogP contribution in [0.3, 0.4) is 0 Å². The summed E-state index contributed by atoms with van der Waals surface area (Å²) in [5.74, 6) is -0.513. The van der Waals surface area contributed by atoms with E-state index < -0.39 is 0 Å². The first-order chi connectivity index (χ1) is 7.91. The molecule has 0 unspecified atom stereocenters. The molecule has 0 aromatic rings. The molecule has 0 aromatic carbocycles. The van der Waals surface area contributed by atoms with Crippen LogP contribution in [0, 0.1) is 5.41 Å². The van der Waals surface area contributed by atoms with Gasteiger partial charge in [0, 0.05) is 19.6 Å². The van der Waals surface area contributed by atoms with Gasteiger partial charge < -0.3 is 15.2 Å². The highest BCUT2D eigenvalue weighted by Crippen LogP contribution is 2.17. The third-order valence-corrected chi connectivity index (χ3v) is 2.41. The SMILES string of the molecule is CCOC(=O)CCC(=O)NCC(C)(C)CCO. The second-order valence-corrected chi connectivity index (χ2v) is 4.72. The van der Waals surface area contributed by atoms with E-state index in [4.69, 9.17) is 9.84 Å². The largest absolute Gasteiger partial charge is 0.466 e. The summed E-state index contributed by atoms with van der Waals surface area (Å²) in [5, 5.41) is 11.6. The summed E-state index contributed by atoms with van der Waals surface area (Å²) in [5.41, 5.74) is -0.131. The number of amides is 1. The van der Waals surface area contributed by atoms with Crippen molar-refractivity contribution < 1.29 is 19.4 Å². The van der Waals surface area contributed by atoms with Crippen LogP contribution in [0.4, 0.5) is 0 Å². The molecule has 0 saturated carbocycles. The van der Waals surface area contributed by atoms with Crippen molar-refractivity contribution in [2.75, 3.05) is 19.8 Å². The van der Waals surface area contributed by atoms with E-state index in [9.17, 15) is 9.59 Å². The topological polar surface area (TPSA) is 75.6 Å². The molecule has 0 aromatic heterocycles. The summed E-state index contributed by atoms with van der Waals surface area (Å²) in [7, 11) is 0. The maximum atomic E-state index is 11.4. The van der Waals surface area contributed by atoms with Gasteiger partial charge in [0.15, 0.2) is 0 Å². The van der Waals surface area contributed by atoms with E-state index in [1.54, 1.807) is 6.92 Å². The van der Waals surface area contributed by atoms with Crippen LogP contribution in [0.2, 0.25) is 0 Å². The van der Waals surface area contributed by atoms with Crippen LogP contribution in [0.25, 0.3) is 0 Å². The number of hydrogen-bond donors (Lipinski definition) is 2. The predicted octanol–water partition coefficient (Wildman–Crippen LogP) is 0.854. The van der Waals surface area contributed by atoms with Crippen molar-refractivity contribution in [2.24, 2.45) is 5.41 Å². The fraction of sp³-hybridized carbons (Fsp3) is 0.833. The Hall–Kier alpha value is -1.10. The summed E-state index contributed by atoms with van der Waals surface area (Å²) in [4.78, 5) is 22.4. The average molecular weight is 245 g/mol. The standard InChI is InChI=1S/C12H23NO4/c1-4-17-11(16)6-5-10(15)13-9-12(2,3)7-8-14/h14H,4-9H2,1-3H3,(H,13,15). The van der Waals surface area contributed by atoms with Crippen LogP contribution in [-0.4, -0.2) is 36.7 Å². The smallest absolute Gasteiger partial charge is 0.306 e. The van der Waals surface area contributed by atoms with Crippen LogP contribution in [0.15, 0.2) is 0 Å². The third kappa shape index (κ3) is 8.68. The maximum Gasteiger partial charge on any atom is 0.306 e. The molecule has 0 saturated heterocycles. The fourth-order valence-corrected chi connectivity index (χ4v) is 1.27. The molecule has 0 radical (unpaired) electrons. The molecule has 5 nitrogen and oxygen atoms in total. The lowest BCUT2D eigenvalue weighted by Gasteiger charge is -2.23. The molecule has 100 valence electrons. The number of nitrogens with one attached hydrogen (secondary N) is 1. The third-order valence-electron chi connectivity index (χ3n) is 2.41. The molecule has 0 aliphatic carbocycles. The second-order valence-electron chi connectivity index (χ2n) is 4.72. The molecule has 1 amide bonds. The first-order valence-corrected chi connectivity index (χ1v) is 5.94. The van der Waals surface area contributed by atoms with Crippen molar-refractivity contribution in [1.82, 2.24) is 5.32 Å². The number of rotatable bonds is 8. The average Bonchev–Trinajstić information content (AvgIpc) is 2.24.